The maximum absolute atomic E-state index is 12.0. The van der Waals surface area contributed by atoms with E-state index in [4.69, 9.17) is 4.74 Å². The summed E-state index contributed by atoms with van der Waals surface area (Å²) in [7, 11) is 0. The molecule has 28 heavy (non-hydrogen) atoms. The number of hydrogen-bond donors (Lipinski definition) is 3. The molecular formula is C22H29NO5. The zero-order chi connectivity index (χ0) is 19.6. The zero-order valence-corrected chi connectivity index (χ0v) is 16.5. The molecule has 0 aromatic heterocycles. The third-order valence-corrected chi connectivity index (χ3v) is 10.7. The van der Waals surface area contributed by atoms with Gasteiger partial charge in [-0.05, 0) is 42.4 Å². The van der Waals surface area contributed by atoms with Crippen LogP contribution in [0.25, 0.3) is 0 Å². The van der Waals surface area contributed by atoms with E-state index in [1.54, 1.807) is 0 Å². The van der Waals surface area contributed by atoms with Gasteiger partial charge in [-0.25, -0.2) is 0 Å². The number of aliphatic hydroxyl groups excluding tert-OH is 2. The second-order valence-electron chi connectivity index (χ2n) is 11.4. The fourth-order valence-electron chi connectivity index (χ4n) is 10.9. The van der Waals surface area contributed by atoms with Gasteiger partial charge in [-0.3, -0.25) is 9.69 Å². The minimum Gasteiger partial charge on any atom is -0.461 e. The summed E-state index contributed by atoms with van der Waals surface area (Å²) in [4.78, 5) is 14.3. The Balaban J connectivity index is 1.50. The number of ether oxygens (including phenoxy) is 1. The highest BCUT2D eigenvalue weighted by Gasteiger charge is 2.94. The SMILES string of the molecule is C=C1C[C@]23C[C@@]4(O)[C@@H]5[C@]6(C)CN4[C@@H]4[C@H]2[C@H](OC(C)=O)[C@H]1[C@H](O)[C@H]3[C@]54CC[C@H]6O. The van der Waals surface area contributed by atoms with E-state index in [0.717, 1.165) is 24.8 Å². The second kappa shape index (κ2) is 4.25. The molecule has 9 bridgehead atoms. The largest absolute Gasteiger partial charge is 0.461 e. The lowest BCUT2D eigenvalue weighted by molar-refractivity contribution is -0.273. The van der Waals surface area contributed by atoms with Crippen LogP contribution in [0.15, 0.2) is 12.2 Å². The van der Waals surface area contributed by atoms with Gasteiger partial charge in [0.15, 0.2) is 0 Å². The van der Waals surface area contributed by atoms with E-state index >= 15 is 0 Å². The van der Waals surface area contributed by atoms with Gasteiger partial charge in [0.25, 0.3) is 0 Å². The number of fused-ring (bicyclic) bond motifs is 1. The minimum absolute atomic E-state index is 0.0258. The van der Waals surface area contributed by atoms with Crippen LogP contribution in [0.4, 0.5) is 0 Å². The molecule has 0 aromatic rings. The van der Waals surface area contributed by atoms with Crippen molar-refractivity contribution in [1.82, 2.24) is 4.90 Å². The summed E-state index contributed by atoms with van der Waals surface area (Å²) in [6.07, 6.45) is 1.63. The maximum Gasteiger partial charge on any atom is 0.302 e. The number of rotatable bonds is 1. The van der Waals surface area contributed by atoms with Crippen molar-refractivity contribution in [1.29, 1.82) is 0 Å². The van der Waals surface area contributed by atoms with Gasteiger partial charge in [-0.2, -0.15) is 0 Å². The van der Waals surface area contributed by atoms with Gasteiger partial charge >= 0.3 is 5.97 Å². The van der Waals surface area contributed by atoms with Gasteiger partial charge < -0.3 is 20.1 Å². The maximum atomic E-state index is 12.0. The van der Waals surface area contributed by atoms with Crippen LogP contribution in [0.5, 0.6) is 0 Å². The topological polar surface area (TPSA) is 90.2 Å². The molecule has 0 radical (unpaired) electrons. The Kier molecular flexibility index (Phi) is 2.55. The Morgan fingerprint density at radius 2 is 2.11 bits per heavy atom. The molecule has 0 amide bonds. The van der Waals surface area contributed by atoms with Crippen LogP contribution in [0.3, 0.4) is 0 Å². The number of nitrogens with zero attached hydrogens (tertiary/aromatic N) is 1. The standard InChI is InChI=1S/C22H29NO5/c1-9-6-20-7-22(27)18-19(3)8-23(22)17-13(20)15(28-10(2)24)12(9)14(26)16(20)21(17,18)5-4-11(19)25/h11-18,25-27H,1,4-8H2,2-3H3/t11-,12-,13-,14+,15-,16-,17-,18-,19-,20+,21+,22-/m1/s1. The predicted octanol–water partition coefficient (Wildman–Crippen LogP) is 0.655. The normalized spacial score (nSPS) is 69.3. The fraction of sp³-hybridized carbons (Fsp3) is 0.864. The monoisotopic (exact) mass is 387 g/mol. The van der Waals surface area contributed by atoms with Gasteiger partial charge in [0.1, 0.15) is 11.8 Å². The van der Waals surface area contributed by atoms with Crippen LogP contribution in [-0.4, -0.2) is 62.8 Å². The summed E-state index contributed by atoms with van der Waals surface area (Å²) in [5, 5.41) is 34.6. The molecule has 3 heterocycles. The van der Waals surface area contributed by atoms with Gasteiger partial charge in [0, 0.05) is 42.7 Å². The number of carbonyl (C=O) groups excluding carboxylic acids is 1. The van der Waals surface area contributed by atoms with Crippen molar-refractivity contribution in [3.05, 3.63) is 12.2 Å². The van der Waals surface area contributed by atoms with E-state index in [0.29, 0.717) is 13.0 Å². The third kappa shape index (κ3) is 1.26. The van der Waals surface area contributed by atoms with E-state index in [1.807, 2.05) is 0 Å². The molecule has 2 spiro atoms. The smallest absolute Gasteiger partial charge is 0.302 e. The first-order valence-electron chi connectivity index (χ1n) is 10.8. The summed E-state index contributed by atoms with van der Waals surface area (Å²) >= 11 is 0. The van der Waals surface area contributed by atoms with Gasteiger partial charge in [0.05, 0.1) is 12.2 Å². The molecule has 9 fully saturated rings. The highest BCUT2D eigenvalue weighted by molar-refractivity contribution is 5.66. The Morgan fingerprint density at radius 3 is 2.82 bits per heavy atom. The molecule has 6 aliphatic carbocycles. The average Bonchev–Trinajstić information content (AvgIpc) is 2.96. The molecule has 6 saturated carbocycles. The highest BCUT2D eigenvalue weighted by Crippen LogP contribution is 2.89. The molecular weight excluding hydrogens is 358 g/mol. The summed E-state index contributed by atoms with van der Waals surface area (Å²) < 4.78 is 5.90. The number of piperidine rings is 2. The van der Waals surface area contributed by atoms with Crippen molar-refractivity contribution < 1.29 is 24.9 Å². The summed E-state index contributed by atoms with van der Waals surface area (Å²) in [6.45, 7) is 8.55. The molecule has 1 unspecified atom stereocenters. The molecule has 0 aromatic carbocycles. The van der Waals surface area contributed by atoms with Crippen LogP contribution in [-0.2, 0) is 9.53 Å². The number of aliphatic hydroxyl groups is 3. The lowest BCUT2D eigenvalue weighted by Gasteiger charge is -2.67. The van der Waals surface area contributed by atoms with Crippen LogP contribution >= 0.6 is 0 Å². The summed E-state index contributed by atoms with van der Waals surface area (Å²) in [5.74, 6) is -0.291. The lowest BCUT2D eigenvalue weighted by atomic mass is 9.39. The van der Waals surface area contributed by atoms with Crippen molar-refractivity contribution in [2.75, 3.05) is 6.54 Å². The average molecular weight is 387 g/mol. The van der Waals surface area contributed by atoms with Crippen molar-refractivity contribution in [2.24, 2.45) is 39.9 Å². The Morgan fingerprint density at radius 1 is 1.36 bits per heavy atom. The van der Waals surface area contributed by atoms with E-state index in [2.05, 4.69) is 18.4 Å². The van der Waals surface area contributed by atoms with Crippen molar-refractivity contribution in [3.63, 3.8) is 0 Å². The molecule has 3 aliphatic heterocycles. The van der Waals surface area contributed by atoms with E-state index in [9.17, 15) is 20.1 Å². The number of esters is 1. The minimum atomic E-state index is -0.918. The first-order chi connectivity index (χ1) is 13.1. The third-order valence-electron chi connectivity index (χ3n) is 10.7. The van der Waals surface area contributed by atoms with Crippen LogP contribution in [0.1, 0.15) is 39.5 Å². The molecule has 9 aliphatic rings. The van der Waals surface area contributed by atoms with Crippen LogP contribution < -0.4 is 0 Å². The Labute approximate surface area is 164 Å². The van der Waals surface area contributed by atoms with Crippen LogP contribution in [0, 0.1) is 39.9 Å². The first kappa shape index (κ1) is 16.8. The highest BCUT2D eigenvalue weighted by atomic mass is 16.5. The molecule has 13 atom stereocenters. The number of carbonyl (C=O) groups is 1. The molecule has 6 nitrogen and oxygen atoms in total. The molecule has 6 heteroatoms. The number of hydrogen-bond acceptors (Lipinski definition) is 6. The van der Waals surface area contributed by atoms with Gasteiger partial charge in [-0.15, -0.1) is 0 Å². The molecule has 9 rings (SSSR count). The first-order valence-corrected chi connectivity index (χ1v) is 10.8. The van der Waals surface area contributed by atoms with Crippen molar-refractivity contribution >= 4 is 5.97 Å². The van der Waals surface area contributed by atoms with Crippen molar-refractivity contribution in [3.8, 4) is 0 Å². The summed E-state index contributed by atoms with van der Waals surface area (Å²) in [6, 6.07) is 0.124. The molecule has 3 saturated heterocycles. The quantitative estimate of drug-likeness (QED) is 0.452. The Hall–Kier alpha value is -0.950. The second-order valence-corrected chi connectivity index (χ2v) is 11.4. The van der Waals surface area contributed by atoms with E-state index in [-0.39, 0.29) is 58.0 Å². The predicted molar refractivity (Wildman–Crippen MR) is 97.6 cm³/mol. The van der Waals surface area contributed by atoms with Gasteiger partial charge in [0.2, 0.25) is 0 Å². The molecule has 152 valence electrons. The lowest BCUT2D eigenvalue weighted by Crippen LogP contribution is -2.71. The molecule has 3 N–H and O–H groups in total. The van der Waals surface area contributed by atoms with E-state index < -0.39 is 17.9 Å². The van der Waals surface area contributed by atoms with E-state index in [1.165, 1.54) is 6.92 Å². The van der Waals surface area contributed by atoms with Crippen LogP contribution in [0.2, 0.25) is 0 Å². The Bertz CT molecular complexity index is 860. The summed E-state index contributed by atoms with van der Waals surface area (Å²) in [5.41, 5.74) is -0.717. The fourth-order valence-corrected chi connectivity index (χ4v) is 10.9. The van der Waals surface area contributed by atoms with Crippen molar-refractivity contribution in [2.45, 2.75) is 69.6 Å². The van der Waals surface area contributed by atoms with Gasteiger partial charge in [-0.1, -0.05) is 19.1 Å². The zero-order valence-electron chi connectivity index (χ0n) is 16.5.